The molecule has 0 heterocycles. The summed E-state index contributed by atoms with van der Waals surface area (Å²) in [6, 6.07) is 0.371. The van der Waals surface area contributed by atoms with E-state index in [2.05, 4.69) is 0 Å². The van der Waals surface area contributed by atoms with Crippen molar-refractivity contribution < 1.29 is 23.8 Å². The number of rotatable bonds is 5. The third-order valence-electron chi connectivity index (χ3n) is 2.36. The second-order valence-electron chi connectivity index (χ2n) is 3.53. The van der Waals surface area contributed by atoms with Gasteiger partial charge >= 0.3 is 5.97 Å². The summed E-state index contributed by atoms with van der Waals surface area (Å²) >= 11 is 5.69. The van der Waals surface area contributed by atoms with Crippen molar-refractivity contribution in [1.82, 2.24) is 0 Å². The Morgan fingerprint density at radius 3 is 2.50 bits per heavy atom. The van der Waals surface area contributed by atoms with Crippen LogP contribution in [-0.2, 0) is 4.79 Å². The van der Waals surface area contributed by atoms with Gasteiger partial charge < -0.3 is 20.3 Å². The molecule has 1 atom stereocenters. The van der Waals surface area contributed by atoms with Gasteiger partial charge in [-0.25, -0.2) is 4.39 Å². The Kier molecular flexibility index (Phi) is 4.75. The van der Waals surface area contributed by atoms with Crippen LogP contribution in [0.2, 0.25) is 5.02 Å². The van der Waals surface area contributed by atoms with Crippen LogP contribution in [0.1, 0.15) is 18.0 Å². The average molecular weight is 278 g/mol. The van der Waals surface area contributed by atoms with Gasteiger partial charge in [-0.15, -0.1) is 0 Å². The summed E-state index contributed by atoms with van der Waals surface area (Å²) in [5.41, 5.74) is 6.00. The lowest BCUT2D eigenvalue weighted by Crippen LogP contribution is -2.16. The maximum Gasteiger partial charge on any atom is 0.305 e. The molecule has 0 aliphatic carbocycles. The lowest BCUT2D eigenvalue weighted by atomic mass is 10.0. The molecule has 0 aliphatic heterocycles. The third kappa shape index (κ3) is 2.83. The molecule has 0 fully saturated rings. The van der Waals surface area contributed by atoms with Crippen molar-refractivity contribution in [1.29, 1.82) is 0 Å². The molecule has 5 nitrogen and oxygen atoms in total. The van der Waals surface area contributed by atoms with Crippen molar-refractivity contribution in [2.75, 3.05) is 14.2 Å². The lowest BCUT2D eigenvalue weighted by Gasteiger charge is -2.18. The Labute approximate surface area is 108 Å². The number of benzene rings is 1. The number of ether oxygens (including phenoxy) is 2. The van der Waals surface area contributed by atoms with E-state index in [1.54, 1.807) is 0 Å². The fourth-order valence-electron chi connectivity index (χ4n) is 1.57. The topological polar surface area (TPSA) is 81.8 Å². The fraction of sp³-hybridized carbons (Fsp3) is 0.364. The largest absolute Gasteiger partial charge is 0.492 e. The summed E-state index contributed by atoms with van der Waals surface area (Å²) in [4.78, 5) is 10.6. The third-order valence-corrected chi connectivity index (χ3v) is 2.64. The maximum atomic E-state index is 13.7. The summed E-state index contributed by atoms with van der Waals surface area (Å²) in [6.07, 6.45) is -0.332. The van der Waals surface area contributed by atoms with Gasteiger partial charge in [0.15, 0.2) is 17.3 Å². The molecular weight excluding hydrogens is 265 g/mol. The number of carboxylic acid groups (broad SMARTS) is 1. The van der Waals surface area contributed by atoms with Crippen molar-refractivity contribution in [3.63, 3.8) is 0 Å². The molecule has 7 heteroatoms. The van der Waals surface area contributed by atoms with Crippen molar-refractivity contribution in [2.45, 2.75) is 12.5 Å². The molecule has 0 bridgehead atoms. The van der Waals surface area contributed by atoms with Crippen LogP contribution < -0.4 is 15.2 Å². The first-order valence-electron chi connectivity index (χ1n) is 4.99. The molecule has 3 N–H and O–H groups in total. The molecule has 0 aromatic heterocycles. The predicted octanol–water partition coefficient (Wildman–Crippen LogP) is 1.97. The van der Waals surface area contributed by atoms with Gasteiger partial charge in [-0.1, -0.05) is 11.6 Å². The molecule has 1 unspecified atom stereocenters. The molecule has 100 valence electrons. The van der Waals surface area contributed by atoms with Gasteiger partial charge in [-0.05, 0) is 6.07 Å². The average Bonchev–Trinajstić information content (AvgIpc) is 2.30. The van der Waals surface area contributed by atoms with E-state index in [9.17, 15) is 9.18 Å². The molecular formula is C11H13ClFNO4. The second kappa shape index (κ2) is 5.88. The van der Waals surface area contributed by atoms with E-state index in [0.717, 1.165) is 0 Å². The molecule has 1 rings (SSSR count). The molecule has 0 spiro atoms. The van der Waals surface area contributed by atoms with Gasteiger partial charge in [0, 0.05) is 11.6 Å². The van der Waals surface area contributed by atoms with Crippen LogP contribution in [0.15, 0.2) is 6.07 Å². The van der Waals surface area contributed by atoms with Gasteiger partial charge in [-0.3, -0.25) is 4.79 Å². The molecule has 0 saturated heterocycles. The highest BCUT2D eigenvalue weighted by atomic mass is 35.5. The van der Waals surface area contributed by atoms with E-state index in [4.69, 9.17) is 31.9 Å². The van der Waals surface area contributed by atoms with Gasteiger partial charge in [0.05, 0.1) is 25.7 Å². The highest BCUT2D eigenvalue weighted by Crippen LogP contribution is 2.40. The highest BCUT2D eigenvalue weighted by Gasteiger charge is 2.23. The fourth-order valence-corrected chi connectivity index (χ4v) is 1.77. The summed E-state index contributed by atoms with van der Waals surface area (Å²) < 4.78 is 23.5. The monoisotopic (exact) mass is 277 g/mol. The quantitative estimate of drug-likeness (QED) is 0.860. The minimum Gasteiger partial charge on any atom is -0.492 e. The van der Waals surface area contributed by atoms with Crippen LogP contribution in [0, 0.1) is 5.82 Å². The normalized spacial score (nSPS) is 12.1. The number of halogens is 2. The van der Waals surface area contributed by atoms with E-state index < -0.39 is 17.8 Å². The Morgan fingerprint density at radius 2 is 2.06 bits per heavy atom. The molecule has 0 saturated carbocycles. The summed E-state index contributed by atoms with van der Waals surface area (Å²) in [6.45, 7) is 0. The van der Waals surface area contributed by atoms with E-state index in [-0.39, 0.29) is 28.5 Å². The first kappa shape index (κ1) is 14.5. The SMILES string of the molecule is COc1c(C(N)CC(=O)O)cc(Cl)c(F)c1OC. The number of carboxylic acids is 1. The molecule has 18 heavy (non-hydrogen) atoms. The van der Waals surface area contributed by atoms with Crippen LogP contribution in [0.4, 0.5) is 4.39 Å². The van der Waals surface area contributed by atoms with Crippen molar-refractivity contribution in [2.24, 2.45) is 5.73 Å². The lowest BCUT2D eigenvalue weighted by molar-refractivity contribution is -0.137. The predicted molar refractivity (Wildman–Crippen MR) is 63.7 cm³/mol. The number of nitrogens with two attached hydrogens (primary N) is 1. The minimum absolute atomic E-state index is 0.0492. The van der Waals surface area contributed by atoms with E-state index in [0.29, 0.717) is 0 Å². The first-order valence-corrected chi connectivity index (χ1v) is 5.37. The number of hydrogen-bond acceptors (Lipinski definition) is 4. The van der Waals surface area contributed by atoms with Gasteiger partial charge in [0.2, 0.25) is 0 Å². The van der Waals surface area contributed by atoms with E-state index in [1.807, 2.05) is 0 Å². The van der Waals surface area contributed by atoms with Crippen molar-refractivity contribution in [3.05, 3.63) is 22.5 Å². The zero-order chi connectivity index (χ0) is 13.9. The zero-order valence-corrected chi connectivity index (χ0v) is 10.6. The van der Waals surface area contributed by atoms with Crippen LogP contribution in [0.25, 0.3) is 0 Å². The zero-order valence-electron chi connectivity index (χ0n) is 9.87. The minimum atomic E-state index is -1.08. The summed E-state index contributed by atoms with van der Waals surface area (Å²) in [5.74, 6) is -2.00. The Morgan fingerprint density at radius 1 is 1.50 bits per heavy atom. The standard InChI is InChI=1S/C11H13ClFNO4/c1-17-10-5(7(14)4-8(15)16)3-6(12)9(13)11(10)18-2/h3,7H,4,14H2,1-2H3,(H,15,16). The molecule has 0 radical (unpaired) electrons. The molecule has 1 aromatic carbocycles. The maximum absolute atomic E-state index is 13.7. The van der Waals surface area contributed by atoms with E-state index in [1.165, 1.54) is 20.3 Å². The Balaban J connectivity index is 3.34. The summed E-state index contributed by atoms with van der Waals surface area (Å²) in [7, 11) is 2.56. The number of hydrogen-bond donors (Lipinski definition) is 2. The first-order chi connectivity index (χ1) is 8.42. The Hall–Kier alpha value is -1.53. The molecule has 0 amide bonds. The van der Waals surface area contributed by atoms with Gasteiger partial charge in [0.25, 0.3) is 0 Å². The smallest absolute Gasteiger partial charge is 0.305 e. The van der Waals surface area contributed by atoms with Crippen LogP contribution in [0.3, 0.4) is 0 Å². The van der Waals surface area contributed by atoms with Gasteiger partial charge in [-0.2, -0.15) is 0 Å². The van der Waals surface area contributed by atoms with E-state index >= 15 is 0 Å². The molecule has 1 aromatic rings. The second-order valence-corrected chi connectivity index (χ2v) is 3.94. The van der Waals surface area contributed by atoms with Crippen LogP contribution >= 0.6 is 11.6 Å². The van der Waals surface area contributed by atoms with Crippen molar-refractivity contribution >= 4 is 17.6 Å². The van der Waals surface area contributed by atoms with Crippen LogP contribution in [-0.4, -0.2) is 25.3 Å². The number of carbonyl (C=O) groups is 1. The highest BCUT2D eigenvalue weighted by molar-refractivity contribution is 6.31. The molecule has 0 aliphatic rings. The number of aliphatic carboxylic acids is 1. The summed E-state index contributed by atoms with van der Waals surface area (Å²) in [5, 5.41) is 8.49. The Bertz CT molecular complexity index is 467. The van der Waals surface area contributed by atoms with Crippen LogP contribution in [0.5, 0.6) is 11.5 Å². The van der Waals surface area contributed by atoms with Gasteiger partial charge in [0.1, 0.15) is 0 Å². The van der Waals surface area contributed by atoms with Crippen molar-refractivity contribution in [3.8, 4) is 11.5 Å². The number of methoxy groups -OCH3 is 2.